The van der Waals surface area contributed by atoms with Gasteiger partial charge >= 0.3 is 0 Å². The molecule has 5 nitrogen and oxygen atoms in total. The van der Waals surface area contributed by atoms with Crippen LogP contribution in [0.15, 0.2) is 53.3 Å². The van der Waals surface area contributed by atoms with E-state index < -0.39 is 0 Å². The Balaban J connectivity index is 1.06. The molecule has 2 saturated carbocycles. The van der Waals surface area contributed by atoms with Crippen molar-refractivity contribution >= 4 is 16.7 Å². The van der Waals surface area contributed by atoms with Crippen LogP contribution in [0.25, 0.3) is 10.8 Å². The van der Waals surface area contributed by atoms with Gasteiger partial charge in [-0.1, -0.05) is 42.5 Å². The van der Waals surface area contributed by atoms with Crippen molar-refractivity contribution in [2.24, 2.45) is 11.3 Å². The van der Waals surface area contributed by atoms with Crippen LogP contribution < -0.4 is 10.9 Å². The molecule has 3 aromatic rings. The molecular weight excluding hydrogens is 374 g/mol. The number of carbonyl (C=O) groups is 1. The van der Waals surface area contributed by atoms with Crippen molar-refractivity contribution in [1.29, 1.82) is 0 Å². The van der Waals surface area contributed by atoms with Crippen molar-refractivity contribution < 1.29 is 4.79 Å². The second-order valence-corrected chi connectivity index (χ2v) is 9.58. The van der Waals surface area contributed by atoms with Crippen molar-refractivity contribution in [3.63, 3.8) is 0 Å². The zero-order chi connectivity index (χ0) is 20.3. The number of aromatic nitrogens is 2. The molecule has 1 amide bonds. The van der Waals surface area contributed by atoms with E-state index in [4.69, 9.17) is 0 Å². The lowest BCUT2D eigenvalue weighted by Crippen LogP contribution is -2.56. The minimum Gasteiger partial charge on any atom is -0.353 e. The highest BCUT2D eigenvalue weighted by Crippen LogP contribution is 2.62. The van der Waals surface area contributed by atoms with Crippen LogP contribution >= 0.6 is 0 Å². The molecule has 0 saturated heterocycles. The maximum absolute atomic E-state index is 12.7. The summed E-state index contributed by atoms with van der Waals surface area (Å²) in [5, 5.41) is 12.1. The standard InChI is InChI=1S/C25H25N3O2/c29-23(17-9-15-5-1-2-6-16(15)10-17)26-19-13-25(14-19)11-18(12-25)22-20-7-3-4-8-21(20)24(30)28-27-22/h1-8,17-19H,9-14H2,(H,26,29)(H,28,30). The number of carbonyl (C=O) groups excluding carboxylic acids is 1. The Labute approximate surface area is 174 Å². The molecule has 0 bridgehead atoms. The lowest BCUT2D eigenvalue weighted by atomic mass is 9.49. The van der Waals surface area contributed by atoms with Crippen molar-refractivity contribution in [2.45, 2.75) is 50.5 Å². The zero-order valence-corrected chi connectivity index (χ0v) is 16.9. The van der Waals surface area contributed by atoms with Crippen LogP contribution in [-0.4, -0.2) is 22.1 Å². The Morgan fingerprint density at radius 2 is 1.57 bits per heavy atom. The molecule has 5 heteroatoms. The summed E-state index contributed by atoms with van der Waals surface area (Å²) in [6, 6.07) is 16.4. The minimum absolute atomic E-state index is 0.0878. The molecule has 0 radical (unpaired) electrons. The van der Waals surface area contributed by atoms with E-state index in [1.807, 2.05) is 24.3 Å². The largest absolute Gasteiger partial charge is 0.353 e. The number of hydrogen-bond acceptors (Lipinski definition) is 3. The summed E-state index contributed by atoms with van der Waals surface area (Å²) >= 11 is 0. The highest BCUT2D eigenvalue weighted by atomic mass is 16.2. The number of nitrogens with zero attached hydrogens (tertiary/aromatic N) is 1. The van der Waals surface area contributed by atoms with Crippen LogP contribution in [0.5, 0.6) is 0 Å². The third-order valence-electron chi connectivity index (χ3n) is 7.60. The van der Waals surface area contributed by atoms with Gasteiger partial charge in [-0.15, -0.1) is 0 Å². The number of H-pyrrole nitrogens is 1. The lowest BCUT2D eigenvalue weighted by molar-refractivity contribution is -0.128. The third kappa shape index (κ3) is 2.79. The van der Waals surface area contributed by atoms with E-state index in [1.165, 1.54) is 11.1 Å². The highest BCUT2D eigenvalue weighted by Gasteiger charge is 2.54. The van der Waals surface area contributed by atoms with Crippen LogP contribution in [0, 0.1) is 11.3 Å². The van der Waals surface area contributed by atoms with Gasteiger partial charge in [0.1, 0.15) is 0 Å². The van der Waals surface area contributed by atoms with E-state index in [0.717, 1.165) is 55.0 Å². The van der Waals surface area contributed by atoms with Crippen LogP contribution in [0.4, 0.5) is 0 Å². The van der Waals surface area contributed by atoms with Crippen molar-refractivity contribution in [3.8, 4) is 0 Å². The van der Waals surface area contributed by atoms with Gasteiger partial charge in [0.05, 0.1) is 11.1 Å². The quantitative estimate of drug-likeness (QED) is 0.708. The van der Waals surface area contributed by atoms with Crippen LogP contribution in [0.2, 0.25) is 0 Å². The molecule has 0 aliphatic heterocycles. The average Bonchev–Trinajstić information content (AvgIpc) is 3.14. The summed E-state index contributed by atoms with van der Waals surface area (Å²) in [5.41, 5.74) is 3.89. The Hall–Kier alpha value is -2.95. The van der Waals surface area contributed by atoms with Gasteiger partial charge in [-0.2, -0.15) is 5.10 Å². The first-order valence-electron chi connectivity index (χ1n) is 10.9. The maximum Gasteiger partial charge on any atom is 0.272 e. The van der Waals surface area contributed by atoms with E-state index in [-0.39, 0.29) is 17.4 Å². The first kappa shape index (κ1) is 17.9. The fourth-order valence-electron chi connectivity index (χ4n) is 6.11. The average molecular weight is 399 g/mol. The van der Waals surface area contributed by atoms with Gasteiger partial charge in [-0.3, -0.25) is 9.59 Å². The Morgan fingerprint density at radius 3 is 2.27 bits per heavy atom. The van der Waals surface area contributed by atoms with Crippen molar-refractivity contribution in [2.75, 3.05) is 0 Å². The van der Waals surface area contributed by atoms with Crippen LogP contribution in [0.1, 0.15) is 48.4 Å². The molecule has 6 rings (SSSR count). The number of fused-ring (bicyclic) bond motifs is 2. The van der Waals surface area contributed by atoms with E-state index in [1.54, 1.807) is 0 Å². The monoisotopic (exact) mass is 399 g/mol. The molecule has 0 atom stereocenters. The van der Waals surface area contributed by atoms with E-state index in [0.29, 0.717) is 17.4 Å². The normalized spacial score (nSPS) is 27.5. The van der Waals surface area contributed by atoms with Gasteiger partial charge in [0.15, 0.2) is 0 Å². The molecule has 2 fully saturated rings. The van der Waals surface area contributed by atoms with Crippen LogP contribution in [-0.2, 0) is 17.6 Å². The van der Waals surface area contributed by atoms with E-state index >= 15 is 0 Å². The van der Waals surface area contributed by atoms with E-state index in [2.05, 4.69) is 39.8 Å². The highest BCUT2D eigenvalue weighted by molar-refractivity contribution is 5.84. The summed E-state index contributed by atoms with van der Waals surface area (Å²) in [6.07, 6.45) is 6.06. The molecule has 3 aliphatic carbocycles. The number of aromatic amines is 1. The summed E-state index contributed by atoms with van der Waals surface area (Å²) < 4.78 is 0. The first-order valence-corrected chi connectivity index (χ1v) is 10.9. The molecule has 0 unspecified atom stereocenters. The Kier molecular flexibility index (Phi) is 3.89. The Bertz CT molecular complexity index is 1180. The van der Waals surface area contributed by atoms with E-state index in [9.17, 15) is 9.59 Å². The summed E-state index contributed by atoms with van der Waals surface area (Å²) in [4.78, 5) is 24.8. The maximum atomic E-state index is 12.7. The second-order valence-electron chi connectivity index (χ2n) is 9.58. The van der Waals surface area contributed by atoms with Crippen molar-refractivity contribution in [3.05, 3.63) is 75.7 Å². The SMILES string of the molecule is O=C(NC1CC2(C1)CC(c1n[nH]c(=O)c3ccccc13)C2)C1Cc2ccccc2C1. The Morgan fingerprint density at radius 1 is 0.933 bits per heavy atom. The van der Waals surface area contributed by atoms with Gasteiger partial charge in [0, 0.05) is 23.3 Å². The number of benzene rings is 2. The molecule has 30 heavy (non-hydrogen) atoms. The molecular formula is C25H25N3O2. The smallest absolute Gasteiger partial charge is 0.272 e. The minimum atomic E-state index is -0.121. The molecule has 1 aromatic heterocycles. The number of hydrogen-bond donors (Lipinski definition) is 2. The molecule has 1 spiro atoms. The fraction of sp³-hybridized carbons (Fsp3) is 0.400. The number of rotatable bonds is 3. The summed E-state index contributed by atoms with van der Waals surface area (Å²) in [6.45, 7) is 0. The zero-order valence-electron chi connectivity index (χ0n) is 16.9. The van der Waals surface area contributed by atoms with Gasteiger partial charge in [-0.05, 0) is 61.1 Å². The fourth-order valence-corrected chi connectivity index (χ4v) is 6.11. The molecule has 152 valence electrons. The van der Waals surface area contributed by atoms with Crippen LogP contribution in [0.3, 0.4) is 0 Å². The van der Waals surface area contributed by atoms with Gasteiger partial charge in [0.25, 0.3) is 5.56 Å². The first-order chi connectivity index (χ1) is 14.6. The second kappa shape index (κ2) is 6.53. The molecule has 2 aromatic carbocycles. The lowest BCUT2D eigenvalue weighted by Gasteiger charge is -2.57. The predicted octanol–water partition coefficient (Wildman–Crippen LogP) is 3.48. The molecule has 2 N–H and O–H groups in total. The van der Waals surface area contributed by atoms with Gasteiger partial charge in [0.2, 0.25) is 5.91 Å². The number of amides is 1. The molecule has 1 heterocycles. The molecule has 3 aliphatic rings. The van der Waals surface area contributed by atoms with Gasteiger partial charge < -0.3 is 5.32 Å². The van der Waals surface area contributed by atoms with Gasteiger partial charge in [-0.25, -0.2) is 5.10 Å². The summed E-state index contributed by atoms with van der Waals surface area (Å²) in [7, 11) is 0. The third-order valence-corrected chi connectivity index (χ3v) is 7.60. The predicted molar refractivity (Wildman–Crippen MR) is 115 cm³/mol. The van der Waals surface area contributed by atoms with Crippen molar-refractivity contribution in [1.82, 2.24) is 15.5 Å². The number of nitrogens with one attached hydrogen (secondary N) is 2. The summed E-state index contributed by atoms with van der Waals surface area (Å²) in [5.74, 6) is 0.702. The topological polar surface area (TPSA) is 74.8 Å².